The van der Waals surface area contributed by atoms with Gasteiger partial charge in [0.1, 0.15) is 11.2 Å². The maximum Gasteiger partial charge on any atom is 0.164 e. The highest BCUT2D eigenvalue weighted by atomic mass is 16.3. The molecule has 0 bridgehead atoms. The second-order valence-electron chi connectivity index (χ2n) is 16.6. The van der Waals surface area contributed by atoms with Gasteiger partial charge in [-0.3, -0.25) is 0 Å². The molecule has 0 saturated carbocycles. The number of fused-ring (bicyclic) bond motifs is 3. The summed E-state index contributed by atoms with van der Waals surface area (Å²) < 4.78 is 6.37. The van der Waals surface area contributed by atoms with Crippen molar-refractivity contribution in [3.8, 4) is 90.6 Å². The molecule has 7 nitrogen and oxygen atoms in total. The second kappa shape index (κ2) is 16.4. The first-order valence-corrected chi connectivity index (χ1v) is 21.8. The van der Waals surface area contributed by atoms with E-state index in [9.17, 15) is 0 Å². The van der Waals surface area contributed by atoms with E-state index >= 15 is 0 Å². The van der Waals surface area contributed by atoms with Crippen molar-refractivity contribution in [2.75, 3.05) is 0 Å². The van der Waals surface area contributed by atoms with E-state index in [2.05, 4.69) is 161 Å². The Morgan fingerprint density at radius 2 is 0.523 bits per heavy atom. The van der Waals surface area contributed by atoms with Gasteiger partial charge in [0.05, 0.1) is 0 Å². The Kier molecular flexibility index (Phi) is 9.93. The Morgan fingerprint density at radius 3 is 0.831 bits per heavy atom. The van der Waals surface area contributed by atoms with Gasteiger partial charge in [-0.25, -0.2) is 29.9 Å². The highest BCUT2D eigenvalue weighted by molar-refractivity contribution is 6.07. The zero-order valence-corrected chi connectivity index (χ0v) is 36.4. The smallest absolute Gasteiger partial charge is 0.164 e. The second-order valence-corrected chi connectivity index (χ2v) is 16.6. The lowest BCUT2D eigenvalue weighted by Gasteiger charge is -2.11. The Bertz CT molecular complexity index is 3230. The third-order valence-corrected chi connectivity index (χ3v) is 12.2. The van der Waals surface area contributed by atoms with E-state index in [1.807, 2.05) is 48.5 Å². The minimum Gasteiger partial charge on any atom is -0.456 e. The molecule has 0 atom stereocenters. The van der Waals surface area contributed by atoms with Crippen LogP contribution in [0.1, 0.15) is 22.3 Å². The van der Waals surface area contributed by atoms with Crippen LogP contribution in [-0.2, 0) is 0 Å². The van der Waals surface area contributed by atoms with Crippen molar-refractivity contribution < 1.29 is 4.42 Å². The van der Waals surface area contributed by atoms with Crippen LogP contribution in [0.2, 0.25) is 0 Å². The molecule has 3 aromatic heterocycles. The summed E-state index contributed by atoms with van der Waals surface area (Å²) in [6, 6.07) is 62.6. The largest absolute Gasteiger partial charge is 0.456 e. The lowest BCUT2D eigenvalue weighted by atomic mass is 9.99. The third kappa shape index (κ3) is 7.53. The van der Waals surface area contributed by atoms with Crippen LogP contribution in [0.15, 0.2) is 186 Å². The first kappa shape index (κ1) is 39.4. The SMILES string of the molecule is Cc1ccccc1-c1nc(-c2ccc(-c3ccc4oc5ccc(-c6ccc(-c7nc(-c8ccccc8C)nc(-c8ccccc8C)n7)cc6)cc5c4c3)cc2)nc(-c2ccccc2C)n1. The maximum atomic E-state index is 6.37. The van der Waals surface area contributed by atoms with E-state index < -0.39 is 0 Å². The molecule has 0 aliphatic carbocycles. The molecule has 0 saturated heterocycles. The third-order valence-electron chi connectivity index (χ3n) is 12.2. The Morgan fingerprint density at radius 1 is 0.262 bits per heavy atom. The number of furan rings is 1. The normalized spacial score (nSPS) is 11.4. The fourth-order valence-electron chi connectivity index (χ4n) is 8.55. The highest BCUT2D eigenvalue weighted by Crippen LogP contribution is 2.37. The molecule has 0 spiro atoms. The molecule has 65 heavy (non-hydrogen) atoms. The molecule has 310 valence electrons. The fourth-order valence-corrected chi connectivity index (χ4v) is 8.55. The van der Waals surface area contributed by atoms with Crippen LogP contribution in [0.3, 0.4) is 0 Å². The predicted molar refractivity (Wildman–Crippen MR) is 263 cm³/mol. The molecule has 0 amide bonds. The molecule has 11 rings (SSSR count). The monoisotopic (exact) mass is 838 g/mol. The van der Waals surface area contributed by atoms with Crippen molar-refractivity contribution in [1.29, 1.82) is 0 Å². The number of hydrogen-bond donors (Lipinski definition) is 0. The van der Waals surface area contributed by atoms with Crippen LogP contribution in [0.25, 0.3) is 113 Å². The summed E-state index contributed by atoms with van der Waals surface area (Å²) in [5.74, 6) is 3.90. The standard InChI is InChI=1S/C58H42N6O/c1-35-13-5-9-17-45(35)55-59-53(60-56(63-55)46-18-10-6-14-36(46)2)41-25-21-39(22-26-41)43-29-31-51-49(33-43)50-34-44(30-32-52(50)65-51)40-23-27-42(28-24-40)54-61-57(47-19-11-7-15-37(47)3)64-58(62-54)48-20-12-8-16-38(48)4/h5-34H,1-4H3. The van der Waals surface area contributed by atoms with Crippen molar-refractivity contribution in [2.24, 2.45) is 0 Å². The van der Waals surface area contributed by atoms with Crippen molar-refractivity contribution in [1.82, 2.24) is 29.9 Å². The van der Waals surface area contributed by atoms with Gasteiger partial charge in [0, 0.05) is 44.2 Å². The molecular weight excluding hydrogens is 797 g/mol. The Labute approximate surface area is 377 Å². The summed E-state index contributed by atoms with van der Waals surface area (Å²) >= 11 is 0. The molecule has 11 aromatic rings. The molecule has 0 aliphatic heterocycles. The van der Waals surface area contributed by atoms with Gasteiger partial charge in [-0.05, 0) is 96.5 Å². The van der Waals surface area contributed by atoms with Crippen LogP contribution >= 0.6 is 0 Å². The Balaban J connectivity index is 0.914. The summed E-state index contributed by atoms with van der Waals surface area (Å²) in [5.41, 5.74) is 16.3. The van der Waals surface area contributed by atoms with E-state index in [-0.39, 0.29) is 0 Å². The zero-order chi connectivity index (χ0) is 44.0. The summed E-state index contributed by atoms with van der Waals surface area (Å²) in [5, 5.41) is 2.11. The zero-order valence-electron chi connectivity index (χ0n) is 36.4. The van der Waals surface area contributed by atoms with E-state index in [0.717, 1.165) is 99.8 Å². The van der Waals surface area contributed by atoms with Crippen molar-refractivity contribution in [3.05, 3.63) is 204 Å². The summed E-state index contributed by atoms with van der Waals surface area (Å²) in [6.45, 7) is 8.34. The summed E-state index contributed by atoms with van der Waals surface area (Å²) in [6.07, 6.45) is 0. The van der Waals surface area contributed by atoms with Crippen molar-refractivity contribution in [3.63, 3.8) is 0 Å². The number of nitrogens with zero attached hydrogens (tertiary/aromatic N) is 6. The quantitative estimate of drug-likeness (QED) is 0.150. The predicted octanol–water partition coefficient (Wildman–Crippen LogP) is 14.5. The lowest BCUT2D eigenvalue weighted by Crippen LogP contribution is -2.01. The van der Waals surface area contributed by atoms with Gasteiger partial charge in [0.15, 0.2) is 34.9 Å². The molecule has 0 fully saturated rings. The van der Waals surface area contributed by atoms with Crippen LogP contribution in [-0.4, -0.2) is 29.9 Å². The fraction of sp³-hybridized carbons (Fsp3) is 0.0690. The molecule has 0 N–H and O–H groups in total. The molecular formula is C58H42N6O. The van der Waals surface area contributed by atoms with Crippen LogP contribution in [0.4, 0.5) is 0 Å². The molecule has 3 heterocycles. The van der Waals surface area contributed by atoms with Gasteiger partial charge >= 0.3 is 0 Å². The van der Waals surface area contributed by atoms with E-state index in [0.29, 0.717) is 34.9 Å². The van der Waals surface area contributed by atoms with Crippen LogP contribution < -0.4 is 0 Å². The Hall–Kier alpha value is -8.42. The average molecular weight is 839 g/mol. The molecule has 8 aromatic carbocycles. The van der Waals surface area contributed by atoms with Gasteiger partial charge in [0.2, 0.25) is 0 Å². The topological polar surface area (TPSA) is 90.5 Å². The van der Waals surface area contributed by atoms with Gasteiger partial charge in [-0.1, -0.05) is 158 Å². The summed E-state index contributed by atoms with van der Waals surface area (Å²) in [4.78, 5) is 30.0. The first-order chi connectivity index (χ1) is 31.8. The van der Waals surface area contributed by atoms with E-state index in [1.54, 1.807) is 0 Å². The number of aryl methyl sites for hydroxylation is 4. The minimum absolute atomic E-state index is 0.632. The molecule has 0 aliphatic rings. The van der Waals surface area contributed by atoms with E-state index in [4.69, 9.17) is 34.3 Å². The number of hydrogen-bond acceptors (Lipinski definition) is 7. The first-order valence-electron chi connectivity index (χ1n) is 21.8. The van der Waals surface area contributed by atoms with Crippen LogP contribution in [0, 0.1) is 27.7 Å². The van der Waals surface area contributed by atoms with Crippen molar-refractivity contribution >= 4 is 21.9 Å². The molecule has 0 radical (unpaired) electrons. The lowest BCUT2D eigenvalue weighted by molar-refractivity contribution is 0.669. The number of benzene rings is 8. The van der Waals surface area contributed by atoms with Crippen LogP contribution in [0.5, 0.6) is 0 Å². The average Bonchev–Trinajstić information content (AvgIpc) is 3.72. The van der Waals surface area contributed by atoms with E-state index in [1.165, 1.54) is 0 Å². The summed E-state index contributed by atoms with van der Waals surface area (Å²) in [7, 11) is 0. The minimum atomic E-state index is 0.632. The van der Waals surface area contributed by atoms with Gasteiger partial charge in [0.25, 0.3) is 0 Å². The number of aromatic nitrogens is 6. The van der Waals surface area contributed by atoms with Gasteiger partial charge < -0.3 is 4.42 Å². The molecule has 0 unspecified atom stereocenters. The van der Waals surface area contributed by atoms with Gasteiger partial charge in [-0.15, -0.1) is 0 Å². The number of rotatable bonds is 8. The van der Waals surface area contributed by atoms with Crippen molar-refractivity contribution in [2.45, 2.75) is 27.7 Å². The highest BCUT2D eigenvalue weighted by Gasteiger charge is 2.18. The maximum absolute atomic E-state index is 6.37. The molecule has 7 heteroatoms. The van der Waals surface area contributed by atoms with Gasteiger partial charge in [-0.2, -0.15) is 0 Å².